The SMILES string of the molecule is Fc1cccc(CCOC2CCCNCC2)c1. The summed E-state index contributed by atoms with van der Waals surface area (Å²) >= 11 is 0. The van der Waals surface area contributed by atoms with Gasteiger partial charge in [0.1, 0.15) is 5.82 Å². The number of benzene rings is 1. The lowest BCUT2D eigenvalue weighted by Gasteiger charge is -2.14. The van der Waals surface area contributed by atoms with Crippen LogP contribution in [0.1, 0.15) is 24.8 Å². The molecule has 1 N–H and O–H groups in total. The van der Waals surface area contributed by atoms with Gasteiger partial charge in [0.05, 0.1) is 12.7 Å². The van der Waals surface area contributed by atoms with Gasteiger partial charge in [-0.1, -0.05) is 12.1 Å². The molecule has 0 aliphatic carbocycles. The first-order valence-electron chi connectivity index (χ1n) is 6.41. The van der Waals surface area contributed by atoms with Crippen LogP contribution in [-0.2, 0) is 11.2 Å². The molecule has 2 rings (SSSR count). The minimum absolute atomic E-state index is 0.166. The highest BCUT2D eigenvalue weighted by Crippen LogP contribution is 2.11. The Labute approximate surface area is 102 Å². The summed E-state index contributed by atoms with van der Waals surface area (Å²) in [6.07, 6.45) is 4.57. The fourth-order valence-electron chi connectivity index (χ4n) is 2.19. The van der Waals surface area contributed by atoms with Crippen molar-refractivity contribution in [3.63, 3.8) is 0 Å². The van der Waals surface area contributed by atoms with E-state index in [1.165, 1.54) is 12.5 Å². The minimum Gasteiger partial charge on any atom is -0.378 e. The predicted octanol–water partition coefficient (Wildman–Crippen LogP) is 2.53. The molecule has 1 atom stereocenters. The Morgan fingerprint density at radius 3 is 3.12 bits per heavy atom. The summed E-state index contributed by atoms with van der Waals surface area (Å²) in [7, 11) is 0. The van der Waals surface area contributed by atoms with Crippen molar-refractivity contribution in [1.29, 1.82) is 0 Å². The molecule has 1 aromatic carbocycles. The molecule has 1 saturated heterocycles. The van der Waals surface area contributed by atoms with Crippen LogP contribution in [0.15, 0.2) is 24.3 Å². The van der Waals surface area contributed by atoms with Crippen LogP contribution >= 0.6 is 0 Å². The molecule has 17 heavy (non-hydrogen) atoms. The molecule has 0 amide bonds. The molecule has 0 bridgehead atoms. The molecule has 2 nitrogen and oxygen atoms in total. The van der Waals surface area contributed by atoms with Crippen molar-refractivity contribution >= 4 is 0 Å². The maximum Gasteiger partial charge on any atom is 0.123 e. The van der Waals surface area contributed by atoms with Crippen molar-refractivity contribution in [3.05, 3.63) is 35.6 Å². The summed E-state index contributed by atoms with van der Waals surface area (Å²) in [5.41, 5.74) is 1.01. The molecule has 0 aromatic heterocycles. The van der Waals surface area contributed by atoms with Gasteiger partial charge in [0.2, 0.25) is 0 Å². The third-order valence-corrected chi connectivity index (χ3v) is 3.16. The fraction of sp³-hybridized carbons (Fsp3) is 0.571. The van der Waals surface area contributed by atoms with E-state index in [1.54, 1.807) is 12.1 Å². The zero-order valence-corrected chi connectivity index (χ0v) is 10.1. The largest absolute Gasteiger partial charge is 0.378 e. The van der Waals surface area contributed by atoms with Gasteiger partial charge in [-0.3, -0.25) is 0 Å². The molecule has 0 radical (unpaired) electrons. The van der Waals surface area contributed by atoms with Gasteiger partial charge in [0.25, 0.3) is 0 Å². The van der Waals surface area contributed by atoms with Crippen LogP contribution in [-0.4, -0.2) is 25.8 Å². The zero-order chi connectivity index (χ0) is 11.9. The highest BCUT2D eigenvalue weighted by Gasteiger charge is 2.11. The highest BCUT2D eigenvalue weighted by atomic mass is 19.1. The summed E-state index contributed by atoms with van der Waals surface area (Å²) in [5, 5.41) is 3.36. The molecule has 1 aromatic rings. The van der Waals surface area contributed by atoms with Crippen LogP contribution in [0.4, 0.5) is 4.39 Å². The van der Waals surface area contributed by atoms with E-state index in [2.05, 4.69) is 5.32 Å². The van der Waals surface area contributed by atoms with Crippen molar-refractivity contribution in [2.75, 3.05) is 19.7 Å². The smallest absolute Gasteiger partial charge is 0.123 e. The summed E-state index contributed by atoms with van der Waals surface area (Å²) in [5.74, 6) is -0.166. The molecule has 3 heteroatoms. The quantitative estimate of drug-likeness (QED) is 0.869. The second-order valence-corrected chi connectivity index (χ2v) is 4.55. The first-order chi connectivity index (χ1) is 8.34. The van der Waals surface area contributed by atoms with Gasteiger partial charge in [0.15, 0.2) is 0 Å². The molecule has 94 valence electrons. The fourth-order valence-corrected chi connectivity index (χ4v) is 2.19. The minimum atomic E-state index is -0.166. The molecular formula is C14H20FNO. The number of nitrogens with one attached hydrogen (secondary N) is 1. The number of rotatable bonds is 4. The Morgan fingerprint density at radius 2 is 2.24 bits per heavy atom. The van der Waals surface area contributed by atoms with E-state index < -0.39 is 0 Å². The standard InChI is InChI=1S/C14H20FNO/c15-13-4-1-3-12(11-13)7-10-17-14-5-2-8-16-9-6-14/h1,3-4,11,14,16H,2,5-10H2. The van der Waals surface area contributed by atoms with E-state index >= 15 is 0 Å². The molecule has 0 spiro atoms. The summed E-state index contributed by atoms with van der Waals surface area (Å²) < 4.78 is 18.8. The first kappa shape index (κ1) is 12.5. The Bertz CT molecular complexity index is 335. The van der Waals surface area contributed by atoms with Gasteiger partial charge < -0.3 is 10.1 Å². The molecule has 1 aliphatic heterocycles. The lowest BCUT2D eigenvalue weighted by Crippen LogP contribution is -2.18. The molecular weight excluding hydrogens is 217 g/mol. The van der Waals surface area contributed by atoms with Crippen molar-refractivity contribution < 1.29 is 9.13 Å². The third kappa shape index (κ3) is 4.44. The molecule has 1 fully saturated rings. The second-order valence-electron chi connectivity index (χ2n) is 4.55. The maximum absolute atomic E-state index is 13.0. The van der Waals surface area contributed by atoms with E-state index in [-0.39, 0.29) is 5.82 Å². The summed E-state index contributed by atoms with van der Waals surface area (Å²) in [6, 6.07) is 6.75. The van der Waals surface area contributed by atoms with Crippen LogP contribution in [0, 0.1) is 5.82 Å². The van der Waals surface area contributed by atoms with Gasteiger partial charge in [-0.15, -0.1) is 0 Å². The van der Waals surface area contributed by atoms with E-state index in [9.17, 15) is 4.39 Å². The van der Waals surface area contributed by atoms with Gasteiger partial charge in [-0.2, -0.15) is 0 Å². The van der Waals surface area contributed by atoms with Crippen LogP contribution < -0.4 is 5.32 Å². The topological polar surface area (TPSA) is 21.3 Å². The van der Waals surface area contributed by atoms with Crippen molar-refractivity contribution in [2.45, 2.75) is 31.8 Å². The molecule has 1 unspecified atom stereocenters. The Hall–Kier alpha value is -0.930. The number of hydrogen-bond donors (Lipinski definition) is 1. The third-order valence-electron chi connectivity index (χ3n) is 3.16. The van der Waals surface area contributed by atoms with Crippen molar-refractivity contribution in [3.8, 4) is 0 Å². The van der Waals surface area contributed by atoms with Crippen LogP contribution in [0.2, 0.25) is 0 Å². The predicted molar refractivity (Wildman–Crippen MR) is 66.6 cm³/mol. The average molecular weight is 237 g/mol. The Balaban J connectivity index is 1.71. The van der Waals surface area contributed by atoms with E-state index in [0.29, 0.717) is 12.7 Å². The van der Waals surface area contributed by atoms with E-state index in [1.807, 2.05) is 6.07 Å². The molecule has 1 aliphatic rings. The van der Waals surface area contributed by atoms with Crippen LogP contribution in [0.5, 0.6) is 0 Å². The Morgan fingerprint density at radius 1 is 1.29 bits per heavy atom. The van der Waals surface area contributed by atoms with Crippen molar-refractivity contribution in [2.24, 2.45) is 0 Å². The van der Waals surface area contributed by atoms with Gasteiger partial charge in [-0.05, 0) is 56.5 Å². The second kappa shape index (κ2) is 6.72. The van der Waals surface area contributed by atoms with Crippen molar-refractivity contribution in [1.82, 2.24) is 5.32 Å². The monoisotopic (exact) mass is 237 g/mol. The van der Waals surface area contributed by atoms with Gasteiger partial charge >= 0.3 is 0 Å². The number of halogens is 1. The van der Waals surface area contributed by atoms with Gasteiger partial charge in [-0.25, -0.2) is 4.39 Å². The summed E-state index contributed by atoms with van der Waals surface area (Å²) in [6.45, 7) is 2.84. The number of hydrogen-bond acceptors (Lipinski definition) is 2. The van der Waals surface area contributed by atoms with E-state index in [0.717, 1.165) is 37.9 Å². The lowest BCUT2D eigenvalue weighted by atomic mass is 10.1. The lowest BCUT2D eigenvalue weighted by molar-refractivity contribution is 0.0475. The maximum atomic E-state index is 13.0. The van der Waals surface area contributed by atoms with Crippen LogP contribution in [0.25, 0.3) is 0 Å². The normalized spacial score (nSPS) is 21.1. The van der Waals surface area contributed by atoms with Gasteiger partial charge in [0, 0.05) is 0 Å². The summed E-state index contributed by atoms with van der Waals surface area (Å²) in [4.78, 5) is 0. The van der Waals surface area contributed by atoms with E-state index in [4.69, 9.17) is 4.74 Å². The average Bonchev–Trinajstić information content (AvgIpc) is 2.58. The van der Waals surface area contributed by atoms with Crippen LogP contribution in [0.3, 0.4) is 0 Å². The number of ether oxygens (including phenoxy) is 1. The highest BCUT2D eigenvalue weighted by molar-refractivity contribution is 5.16. The Kier molecular flexibility index (Phi) is 4.95. The molecule has 1 heterocycles. The first-order valence-corrected chi connectivity index (χ1v) is 6.41. The molecule has 0 saturated carbocycles. The zero-order valence-electron chi connectivity index (χ0n) is 10.1.